The molecule has 1 N–H and O–H groups in total. The van der Waals surface area contributed by atoms with Gasteiger partial charge in [-0.1, -0.05) is 13.8 Å². The summed E-state index contributed by atoms with van der Waals surface area (Å²) < 4.78 is 56.6. The Morgan fingerprint density at radius 2 is 1.76 bits per heavy atom. The molecule has 178 valence electrons. The molecule has 0 radical (unpaired) electrons. The second-order valence-electron chi connectivity index (χ2n) is 7.07. The molecule has 0 fully saturated rings. The van der Waals surface area contributed by atoms with Crippen LogP contribution in [0.4, 0.5) is 10.1 Å². The van der Waals surface area contributed by atoms with E-state index in [0.29, 0.717) is 30.4 Å². The first-order valence-corrected chi connectivity index (χ1v) is 11.9. The molecular weight excluding hydrogens is 455 g/mol. The minimum atomic E-state index is -3.90. The van der Waals surface area contributed by atoms with Crippen LogP contribution in [-0.2, 0) is 19.6 Å². The molecule has 1 amide bonds. The maximum atomic E-state index is 14.2. The number of ether oxygens (including phenoxy) is 3. The number of sulfonamides is 1. The van der Waals surface area contributed by atoms with E-state index in [1.807, 2.05) is 0 Å². The predicted molar refractivity (Wildman–Crippen MR) is 117 cm³/mol. The number of rotatable bonds is 8. The first-order chi connectivity index (χ1) is 15.8. The lowest BCUT2D eigenvalue weighted by atomic mass is 10.2. The topological polar surface area (TPSA) is 111 Å². The Hall–Kier alpha value is -3.18. The van der Waals surface area contributed by atoms with Crippen LogP contribution in [0.25, 0.3) is 0 Å². The molecular formula is C22H25FN2O7S. The molecule has 0 aromatic heterocycles. The minimum absolute atomic E-state index is 0.218. The fourth-order valence-electron chi connectivity index (χ4n) is 3.18. The van der Waals surface area contributed by atoms with Crippen LogP contribution in [0, 0.1) is 5.82 Å². The third-order valence-corrected chi connectivity index (χ3v) is 6.91. The summed E-state index contributed by atoms with van der Waals surface area (Å²) in [5, 5.41) is 2.55. The van der Waals surface area contributed by atoms with Gasteiger partial charge in [0.05, 0.1) is 23.7 Å². The number of nitrogens with one attached hydrogen (secondary N) is 1. The third kappa shape index (κ3) is 5.79. The van der Waals surface area contributed by atoms with Gasteiger partial charge in [0.1, 0.15) is 5.82 Å². The lowest BCUT2D eigenvalue weighted by molar-refractivity contribution is -0.119. The highest BCUT2D eigenvalue weighted by Crippen LogP contribution is 2.32. The van der Waals surface area contributed by atoms with Gasteiger partial charge in [0.2, 0.25) is 10.0 Å². The molecule has 3 rings (SSSR count). The fourth-order valence-corrected chi connectivity index (χ4v) is 4.67. The summed E-state index contributed by atoms with van der Waals surface area (Å²) >= 11 is 0. The Morgan fingerprint density at radius 1 is 1.06 bits per heavy atom. The van der Waals surface area contributed by atoms with Crippen LogP contribution in [0.5, 0.6) is 11.5 Å². The van der Waals surface area contributed by atoms with Crippen LogP contribution in [0.2, 0.25) is 0 Å². The van der Waals surface area contributed by atoms with E-state index in [4.69, 9.17) is 14.2 Å². The first-order valence-electron chi connectivity index (χ1n) is 10.4. The monoisotopic (exact) mass is 480 g/mol. The molecule has 0 spiro atoms. The quantitative estimate of drug-likeness (QED) is 0.579. The van der Waals surface area contributed by atoms with Crippen molar-refractivity contribution < 1.29 is 36.6 Å². The van der Waals surface area contributed by atoms with Gasteiger partial charge in [-0.3, -0.25) is 4.79 Å². The minimum Gasteiger partial charge on any atom is -0.490 e. The van der Waals surface area contributed by atoms with Gasteiger partial charge in [0.15, 0.2) is 18.1 Å². The zero-order valence-corrected chi connectivity index (χ0v) is 19.1. The Balaban J connectivity index is 1.66. The van der Waals surface area contributed by atoms with Crippen molar-refractivity contribution in [2.24, 2.45) is 0 Å². The molecule has 11 heteroatoms. The van der Waals surface area contributed by atoms with Crippen molar-refractivity contribution in [2.45, 2.75) is 25.2 Å². The number of carbonyl (C=O) groups is 2. The van der Waals surface area contributed by atoms with Crippen LogP contribution < -0.4 is 14.8 Å². The number of hydrogen-bond acceptors (Lipinski definition) is 7. The van der Waals surface area contributed by atoms with Crippen LogP contribution in [0.1, 0.15) is 30.6 Å². The number of hydrogen-bond donors (Lipinski definition) is 1. The lowest BCUT2D eigenvalue weighted by Crippen LogP contribution is -2.30. The molecule has 0 aliphatic carbocycles. The van der Waals surface area contributed by atoms with Gasteiger partial charge in [-0.25, -0.2) is 17.6 Å². The van der Waals surface area contributed by atoms with Crippen molar-refractivity contribution >= 4 is 27.6 Å². The van der Waals surface area contributed by atoms with Crippen molar-refractivity contribution in [3.8, 4) is 11.5 Å². The molecule has 0 saturated heterocycles. The summed E-state index contributed by atoms with van der Waals surface area (Å²) in [6.45, 7) is 4.09. The maximum Gasteiger partial charge on any atom is 0.341 e. The molecule has 2 aromatic carbocycles. The SMILES string of the molecule is CCN(CC)S(=O)(=O)c1ccc(F)c(C(=O)OCC(=O)Nc2ccc3c(c2)OCCCO3)c1. The summed E-state index contributed by atoms with van der Waals surface area (Å²) in [6, 6.07) is 7.71. The normalized spacial score (nSPS) is 13.3. The largest absolute Gasteiger partial charge is 0.490 e. The van der Waals surface area contributed by atoms with Crippen LogP contribution >= 0.6 is 0 Å². The average Bonchev–Trinajstić information content (AvgIpc) is 3.03. The fraction of sp³-hybridized carbons (Fsp3) is 0.364. The summed E-state index contributed by atoms with van der Waals surface area (Å²) in [7, 11) is -3.90. The van der Waals surface area contributed by atoms with Gasteiger partial charge in [0.25, 0.3) is 5.91 Å². The molecule has 0 atom stereocenters. The van der Waals surface area contributed by atoms with Crippen LogP contribution in [0.15, 0.2) is 41.3 Å². The smallest absolute Gasteiger partial charge is 0.341 e. The van der Waals surface area contributed by atoms with E-state index in [9.17, 15) is 22.4 Å². The van der Waals surface area contributed by atoms with Gasteiger partial charge in [-0.15, -0.1) is 0 Å². The lowest BCUT2D eigenvalue weighted by Gasteiger charge is -2.18. The van der Waals surface area contributed by atoms with E-state index >= 15 is 0 Å². The molecule has 1 aliphatic rings. The van der Waals surface area contributed by atoms with E-state index < -0.39 is 39.9 Å². The Morgan fingerprint density at radius 3 is 2.45 bits per heavy atom. The zero-order chi connectivity index (χ0) is 24.0. The van der Waals surface area contributed by atoms with Crippen LogP contribution in [0.3, 0.4) is 0 Å². The van der Waals surface area contributed by atoms with Crippen molar-refractivity contribution in [2.75, 3.05) is 38.2 Å². The third-order valence-electron chi connectivity index (χ3n) is 4.87. The van der Waals surface area contributed by atoms with Gasteiger partial charge >= 0.3 is 5.97 Å². The van der Waals surface area contributed by atoms with Crippen molar-refractivity contribution in [1.29, 1.82) is 0 Å². The van der Waals surface area contributed by atoms with Gasteiger partial charge in [0, 0.05) is 31.3 Å². The molecule has 33 heavy (non-hydrogen) atoms. The summed E-state index contributed by atoms with van der Waals surface area (Å²) in [5.41, 5.74) is -0.176. The number of halogens is 1. The molecule has 0 unspecified atom stereocenters. The molecule has 0 bridgehead atoms. The molecule has 1 heterocycles. The molecule has 2 aromatic rings. The van der Waals surface area contributed by atoms with Crippen molar-refractivity contribution in [3.05, 3.63) is 47.8 Å². The number of esters is 1. The maximum absolute atomic E-state index is 14.2. The zero-order valence-electron chi connectivity index (χ0n) is 18.3. The second-order valence-corrected chi connectivity index (χ2v) is 9.01. The Kier molecular flexibility index (Phi) is 7.88. The number of nitrogens with zero attached hydrogens (tertiary/aromatic N) is 1. The number of benzene rings is 2. The van der Waals surface area contributed by atoms with E-state index in [1.165, 1.54) is 4.31 Å². The second kappa shape index (κ2) is 10.6. The molecule has 0 saturated carbocycles. The van der Waals surface area contributed by atoms with E-state index in [0.717, 1.165) is 24.6 Å². The van der Waals surface area contributed by atoms with Crippen molar-refractivity contribution in [3.63, 3.8) is 0 Å². The summed E-state index contributed by atoms with van der Waals surface area (Å²) in [6.07, 6.45) is 0.736. The number of anilines is 1. The predicted octanol–water partition coefficient (Wildman–Crippen LogP) is 2.81. The van der Waals surface area contributed by atoms with E-state index in [-0.39, 0.29) is 18.0 Å². The Bertz CT molecular complexity index is 1130. The van der Waals surface area contributed by atoms with Gasteiger partial charge in [-0.2, -0.15) is 4.31 Å². The van der Waals surface area contributed by atoms with Gasteiger partial charge in [-0.05, 0) is 30.3 Å². The van der Waals surface area contributed by atoms with Gasteiger partial charge < -0.3 is 19.5 Å². The summed E-state index contributed by atoms with van der Waals surface area (Å²) in [4.78, 5) is 24.3. The molecule has 1 aliphatic heterocycles. The van der Waals surface area contributed by atoms with E-state index in [1.54, 1.807) is 32.0 Å². The number of amides is 1. The van der Waals surface area contributed by atoms with Crippen LogP contribution in [-0.4, -0.2) is 57.5 Å². The highest BCUT2D eigenvalue weighted by Gasteiger charge is 2.25. The highest BCUT2D eigenvalue weighted by molar-refractivity contribution is 7.89. The first kappa shape index (κ1) is 24.5. The van der Waals surface area contributed by atoms with Crippen molar-refractivity contribution in [1.82, 2.24) is 4.31 Å². The standard InChI is InChI=1S/C22H25FN2O7S/c1-3-25(4-2)33(28,29)16-7-8-18(23)17(13-16)22(27)32-14-21(26)24-15-6-9-19-20(12-15)31-11-5-10-30-19/h6-9,12-13H,3-5,10-11,14H2,1-2H3,(H,24,26). The average molecular weight is 481 g/mol. The highest BCUT2D eigenvalue weighted by atomic mass is 32.2. The Labute approximate surface area is 191 Å². The number of fused-ring (bicyclic) bond motifs is 1. The van der Waals surface area contributed by atoms with E-state index in [2.05, 4.69) is 5.32 Å². The number of carbonyl (C=O) groups excluding carboxylic acids is 2. The molecule has 9 nitrogen and oxygen atoms in total. The summed E-state index contributed by atoms with van der Waals surface area (Å²) in [5.74, 6) is -1.73.